The van der Waals surface area contributed by atoms with E-state index >= 15 is 0 Å². The van der Waals surface area contributed by atoms with Crippen molar-refractivity contribution < 1.29 is 9.53 Å². The largest absolute Gasteiger partial charge is 0.497 e. The molecule has 2 aromatic rings. The third-order valence-electron chi connectivity index (χ3n) is 4.76. The highest BCUT2D eigenvalue weighted by molar-refractivity contribution is 6.17. The quantitative estimate of drug-likeness (QED) is 0.907. The molecule has 2 aliphatic rings. The molecule has 1 fully saturated rings. The molecule has 5 heteroatoms. The fourth-order valence-electron chi connectivity index (χ4n) is 3.17. The van der Waals surface area contributed by atoms with Crippen LogP contribution in [0.4, 0.5) is 11.4 Å². The van der Waals surface area contributed by atoms with Gasteiger partial charge in [-0.1, -0.05) is 24.3 Å². The van der Waals surface area contributed by atoms with Crippen LogP contribution in [-0.4, -0.2) is 24.6 Å². The number of hydrogen-bond acceptors (Lipinski definition) is 4. The lowest BCUT2D eigenvalue weighted by Crippen LogP contribution is -2.37. The Kier molecular flexibility index (Phi) is 4.29. The number of methoxy groups -OCH3 is 1. The van der Waals surface area contributed by atoms with Crippen LogP contribution in [0.2, 0.25) is 0 Å². The van der Waals surface area contributed by atoms with Crippen molar-refractivity contribution in [1.82, 2.24) is 5.32 Å². The first-order chi connectivity index (χ1) is 12.7. The average molecular weight is 347 g/mol. The second kappa shape index (κ2) is 6.75. The molecule has 1 aliphatic carbocycles. The monoisotopic (exact) mass is 347 g/mol. The van der Waals surface area contributed by atoms with E-state index in [1.807, 2.05) is 55.5 Å². The number of carbonyl (C=O) groups excluding carboxylic acids is 1. The van der Waals surface area contributed by atoms with Gasteiger partial charge < -0.3 is 10.1 Å². The minimum Gasteiger partial charge on any atom is -0.497 e. The lowest BCUT2D eigenvalue weighted by Gasteiger charge is -2.19. The van der Waals surface area contributed by atoms with Crippen LogP contribution in [0, 0.1) is 5.92 Å². The molecule has 0 unspecified atom stereocenters. The Bertz CT molecular complexity index is 896. The number of hydrogen-bond donors (Lipinski definition) is 1. The van der Waals surface area contributed by atoms with Crippen molar-refractivity contribution in [2.24, 2.45) is 15.9 Å². The predicted molar refractivity (Wildman–Crippen MR) is 103 cm³/mol. The first-order valence-corrected chi connectivity index (χ1v) is 8.83. The predicted octanol–water partition coefficient (Wildman–Crippen LogP) is 4.14. The van der Waals surface area contributed by atoms with Gasteiger partial charge in [0.1, 0.15) is 11.6 Å². The molecule has 1 heterocycles. The topological polar surface area (TPSA) is 63.1 Å². The van der Waals surface area contributed by atoms with Crippen LogP contribution in [-0.2, 0) is 4.79 Å². The molecule has 4 rings (SSSR count). The van der Waals surface area contributed by atoms with Crippen LogP contribution >= 0.6 is 0 Å². The Morgan fingerprint density at radius 1 is 1.04 bits per heavy atom. The normalized spacial score (nSPS) is 18.9. The van der Waals surface area contributed by atoms with Gasteiger partial charge in [-0.3, -0.25) is 9.79 Å². The summed E-state index contributed by atoms with van der Waals surface area (Å²) in [5.41, 5.74) is 3.51. The Morgan fingerprint density at radius 2 is 1.69 bits per heavy atom. The standard InChI is InChI=1S/C21H21N3O2/c1-13-19(14-9-11-16(26-2)12-10-14)20(24-21(25)15-7-8-15)23-18-6-4-3-5-17(18)22-13/h3-6,9-12,15,19H,7-8H2,1-2H3,(H,23,24,25)/t19-/m1/s1. The summed E-state index contributed by atoms with van der Waals surface area (Å²) in [7, 11) is 1.65. The summed E-state index contributed by atoms with van der Waals surface area (Å²) in [6.07, 6.45) is 1.91. The molecule has 0 bridgehead atoms. The van der Waals surface area contributed by atoms with Crippen LogP contribution < -0.4 is 10.1 Å². The van der Waals surface area contributed by atoms with Gasteiger partial charge in [-0.25, -0.2) is 4.99 Å². The number of amidine groups is 1. The fraction of sp³-hybridized carbons (Fsp3) is 0.286. The molecular formula is C21H21N3O2. The average Bonchev–Trinajstić information content (AvgIpc) is 3.49. The Morgan fingerprint density at radius 3 is 2.31 bits per heavy atom. The second-order valence-electron chi connectivity index (χ2n) is 6.71. The summed E-state index contributed by atoms with van der Waals surface area (Å²) in [5, 5.41) is 3.07. The Labute approximate surface area is 152 Å². The van der Waals surface area contributed by atoms with Crippen molar-refractivity contribution in [2.45, 2.75) is 25.7 Å². The smallest absolute Gasteiger partial charge is 0.228 e. The van der Waals surface area contributed by atoms with Crippen LogP contribution in [0.25, 0.3) is 0 Å². The number of para-hydroxylation sites is 2. The minimum absolute atomic E-state index is 0.0504. The molecule has 0 spiro atoms. The van der Waals surface area contributed by atoms with Crippen molar-refractivity contribution >= 4 is 28.8 Å². The molecule has 0 radical (unpaired) electrons. The third-order valence-corrected chi connectivity index (χ3v) is 4.76. The molecule has 0 saturated heterocycles. The molecule has 5 nitrogen and oxygen atoms in total. The molecule has 2 aromatic carbocycles. The van der Waals surface area contributed by atoms with Gasteiger partial charge in [0, 0.05) is 11.6 Å². The van der Waals surface area contributed by atoms with E-state index in [2.05, 4.69) is 5.32 Å². The third kappa shape index (κ3) is 3.25. The number of ether oxygens (including phenoxy) is 1. The summed E-state index contributed by atoms with van der Waals surface area (Å²) < 4.78 is 5.26. The number of amides is 1. The second-order valence-corrected chi connectivity index (χ2v) is 6.71. The first-order valence-electron chi connectivity index (χ1n) is 8.83. The van der Waals surface area contributed by atoms with Gasteiger partial charge in [0.15, 0.2) is 0 Å². The SMILES string of the molecule is COc1ccc([C@H]2C(C)=Nc3ccccc3N=C2NC(=O)C2CC2)cc1. The Hall–Kier alpha value is -2.95. The van der Waals surface area contributed by atoms with Crippen molar-refractivity contribution in [2.75, 3.05) is 7.11 Å². The van der Waals surface area contributed by atoms with Gasteiger partial charge >= 0.3 is 0 Å². The molecule has 0 aromatic heterocycles. The van der Waals surface area contributed by atoms with E-state index in [-0.39, 0.29) is 17.7 Å². The van der Waals surface area contributed by atoms with E-state index in [0.717, 1.165) is 41.2 Å². The molecule has 1 saturated carbocycles. The van der Waals surface area contributed by atoms with E-state index in [1.54, 1.807) is 7.11 Å². The molecule has 1 aliphatic heterocycles. The van der Waals surface area contributed by atoms with Crippen molar-refractivity contribution in [1.29, 1.82) is 0 Å². The highest BCUT2D eigenvalue weighted by Crippen LogP contribution is 2.35. The van der Waals surface area contributed by atoms with Crippen LogP contribution in [0.5, 0.6) is 5.75 Å². The van der Waals surface area contributed by atoms with Gasteiger partial charge in [0.2, 0.25) is 5.91 Å². The van der Waals surface area contributed by atoms with Crippen molar-refractivity contribution in [3.05, 3.63) is 54.1 Å². The zero-order valence-corrected chi connectivity index (χ0v) is 14.9. The summed E-state index contributed by atoms with van der Waals surface area (Å²) >= 11 is 0. The van der Waals surface area contributed by atoms with Crippen molar-refractivity contribution in [3.63, 3.8) is 0 Å². The lowest BCUT2D eigenvalue weighted by atomic mass is 9.93. The highest BCUT2D eigenvalue weighted by atomic mass is 16.5. The lowest BCUT2D eigenvalue weighted by molar-refractivity contribution is -0.120. The first kappa shape index (κ1) is 16.5. The summed E-state index contributed by atoms with van der Waals surface area (Å²) in [4.78, 5) is 22.0. The van der Waals surface area contributed by atoms with Gasteiger partial charge in [0.25, 0.3) is 0 Å². The van der Waals surface area contributed by atoms with Gasteiger partial charge in [-0.2, -0.15) is 0 Å². The zero-order valence-electron chi connectivity index (χ0n) is 14.9. The van der Waals surface area contributed by atoms with E-state index in [4.69, 9.17) is 14.7 Å². The summed E-state index contributed by atoms with van der Waals surface area (Å²) in [6, 6.07) is 15.6. The number of nitrogens with one attached hydrogen (secondary N) is 1. The molecule has 1 amide bonds. The molecule has 132 valence electrons. The van der Waals surface area contributed by atoms with Gasteiger partial charge in [-0.05, 0) is 49.6 Å². The number of carbonyl (C=O) groups is 1. The number of fused-ring (bicyclic) bond motifs is 1. The van der Waals surface area contributed by atoms with Gasteiger partial charge in [-0.15, -0.1) is 0 Å². The van der Waals surface area contributed by atoms with E-state index in [0.29, 0.717) is 5.84 Å². The number of benzene rings is 2. The van der Waals surface area contributed by atoms with E-state index in [1.165, 1.54) is 0 Å². The van der Waals surface area contributed by atoms with E-state index in [9.17, 15) is 4.79 Å². The summed E-state index contributed by atoms with van der Waals surface area (Å²) in [5.74, 6) is 1.40. The maximum atomic E-state index is 12.4. The zero-order chi connectivity index (χ0) is 18.1. The molecule has 26 heavy (non-hydrogen) atoms. The molecular weight excluding hydrogens is 326 g/mol. The van der Waals surface area contributed by atoms with Gasteiger partial charge in [0.05, 0.1) is 24.4 Å². The van der Waals surface area contributed by atoms with Crippen LogP contribution in [0.15, 0.2) is 58.5 Å². The van der Waals surface area contributed by atoms with Crippen LogP contribution in [0.3, 0.4) is 0 Å². The minimum atomic E-state index is -0.198. The molecule has 1 N–H and O–H groups in total. The van der Waals surface area contributed by atoms with Crippen molar-refractivity contribution in [3.8, 4) is 5.75 Å². The number of rotatable bonds is 3. The van der Waals surface area contributed by atoms with E-state index < -0.39 is 0 Å². The molecule has 1 atom stereocenters. The highest BCUT2D eigenvalue weighted by Gasteiger charge is 2.33. The number of aliphatic imine (C=N–C) groups is 2. The summed E-state index contributed by atoms with van der Waals surface area (Å²) in [6.45, 7) is 1.98. The fourth-order valence-corrected chi connectivity index (χ4v) is 3.17. The maximum absolute atomic E-state index is 12.4. The van der Waals surface area contributed by atoms with Crippen LogP contribution in [0.1, 0.15) is 31.2 Å². The Balaban J connectivity index is 1.78. The maximum Gasteiger partial charge on any atom is 0.228 e. The number of nitrogens with zero attached hydrogens (tertiary/aromatic N) is 2.